The van der Waals surface area contributed by atoms with Gasteiger partial charge < -0.3 is 9.47 Å². The van der Waals surface area contributed by atoms with E-state index in [0.29, 0.717) is 46.0 Å². The van der Waals surface area contributed by atoms with Gasteiger partial charge >= 0.3 is 5.97 Å². The van der Waals surface area contributed by atoms with Crippen LogP contribution in [0, 0.1) is 24.2 Å². The minimum atomic E-state index is -0.375. The van der Waals surface area contributed by atoms with Gasteiger partial charge in [-0.1, -0.05) is 19.9 Å². The largest absolute Gasteiger partial charge is 0.491 e. The Morgan fingerprint density at radius 3 is 2.79 bits per heavy atom. The third-order valence-corrected chi connectivity index (χ3v) is 4.36. The molecule has 0 aliphatic heterocycles. The van der Waals surface area contributed by atoms with Gasteiger partial charge in [-0.05, 0) is 31.9 Å². The fourth-order valence-corrected chi connectivity index (χ4v) is 3.08. The number of carbonyl (C=O) groups is 1. The molecule has 0 aliphatic carbocycles. The summed E-state index contributed by atoms with van der Waals surface area (Å²) in [4.78, 5) is 16.9. The van der Waals surface area contributed by atoms with Crippen molar-refractivity contribution in [2.24, 2.45) is 5.92 Å². The molecule has 0 saturated heterocycles. The van der Waals surface area contributed by atoms with Crippen LogP contribution in [0.3, 0.4) is 0 Å². The number of nitriles is 1. The highest BCUT2D eigenvalue weighted by molar-refractivity contribution is 7.17. The summed E-state index contributed by atoms with van der Waals surface area (Å²) in [5.74, 6) is 0.468. The van der Waals surface area contributed by atoms with Gasteiger partial charge in [0.1, 0.15) is 21.7 Å². The van der Waals surface area contributed by atoms with Crippen molar-refractivity contribution in [3.05, 3.63) is 34.3 Å². The summed E-state index contributed by atoms with van der Waals surface area (Å²) in [6, 6.07) is 7.51. The van der Waals surface area contributed by atoms with Gasteiger partial charge in [-0.2, -0.15) is 5.26 Å². The highest BCUT2D eigenvalue weighted by Gasteiger charge is 2.20. The van der Waals surface area contributed by atoms with Crippen molar-refractivity contribution in [2.45, 2.75) is 27.7 Å². The van der Waals surface area contributed by atoms with E-state index in [1.165, 1.54) is 11.3 Å². The minimum Gasteiger partial charge on any atom is -0.491 e. The van der Waals surface area contributed by atoms with Crippen LogP contribution in [-0.2, 0) is 4.74 Å². The number of rotatable bonds is 6. The Hall–Kier alpha value is -2.39. The number of aryl methyl sites for hydroxylation is 1. The number of para-hydroxylation sites is 1. The maximum Gasteiger partial charge on any atom is 0.350 e. The first kappa shape index (κ1) is 18.0. The van der Waals surface area contributed by atoms with E-state index in [9.17, 15) is 10.1 Å². The first-order valence-corrected chi connectivity index (χ1v) is 8.60. The van der Waals surface area contributed by atoms with E-state index in [4.69, 9.17) is 9.47 Å². The SMILES string of the molecule is CCOC(=O)c1sc(-c2cccc(C#N)c2OCC(C)C)nc1C. The predicted octanol–water partition coefficient (Wildman–Crippen LogP) is 4.20. The number of carbonyl (C=O) groups excluding carboxylic acids is 1. The highest BCUT2D eigenvalue weighted by atomic mass is 32.1. The van der Waals surface area contributed by atoms with Crippen LogP contribution in [-0.4, -0.2) is 24.2 Å². The molecule has 2 aromatic rings. The summed E-state index contributed by atoms with van der Waals surface area (Å²) in [6.45, 7) is 8.44. The van der Waals surface area contributed by atoms with Crippen molar-refractivity contribution in [3.63, 3.8) is 0 Å². The molecule has 0 aliphatic rings. The summed E-state index contributed by atoms with van der Waals surface area (Å²) < 4.78 is 10.9. The molecule has 1 heterocycles. The second-order valence-corrected chi connectivity index (χ2v) is 6.65. The van der Waals surface area contributed by atoms with Crippen LogP contribution in [0.4, 0.5) is 0 Å². The molecule has 6 heteroatoms. The molecular formula is C18H20N2O3S. The average molecular weight is 344 g/mol. The minimum absolute atomic E-state index is 0.318. The molecule has 0 N–H and O–H groups in total. The Balaban J connectivity index is 2.47. The van der Waals surface area contributed by atoms with Gasteiger partial charge in [-0.15, -0.1) is 11.3 Å². The zero-order valence-corrected chi connectivity index (χ0v) is 15.1. The first-order chi connectivity index (χ1) is 11.5. The van der Waals surface area contributed by atoms with E-state index in [-0.39, 0.29) is 5.97 Å². The Labute approximate surface area is 145 Å². The molecule has 24 heavy (non-hydrogen) atoms. The highest BCUT2D eigenvalue weighted by Crippen LogP contribution is 2.37. The molecule has 0 spiro atoms. The van der Waals surface area contributed by atoms with Crippen LogP contribution in [0.25, 0.3) is 10.6 Å². The molecule has 1 aromatic carbocycles. The Kier molecular flexibility index (Phi) is 5.93. The second kappa shape index (κ2) is 7.93. The van der Waals surface area contributed by atoms with Crippen LogP contribution in [0.2, 0.25) is 0 Å². The third kappa shape index (κ3) is 3.92. The average Bonchev–Trinajstić information content (AvgIpc) is 2.94. The van der Waals surface area contributed by atoms with Crippen molar-refractivity contribution < 1.29 is 14.3 Å². The van der Waals surface area contributed by atoms with Gasteiger partial charge in [0, 0.05) is 0 Å². The van der Waals surface area contributed by atoms with Crippen LogP contribution in [0.15, 0.2) is 18.2 Å². The zero-order chi connectivity index (χ0) is 17.7. The van der Waals surface area contributed by atoms with Gasteiger partial charge in [0.15, 0.2) is 0 Å². The fraction of sp³-hybridized carbons (Fsp3) is 0.389. The van der Waals surface area contributed by atoms with Gasteiger partial charge in [0.25, 0.3) is 0 Å². The number of esters is 1. The number of ether oxygens (including phenoxy) is 2. The van der Waals surface area contributed by atoms with E-state index in [1.54, 1.807) is 26.0 Å². The summed E-state index contributed by atoms with van der Waals surface area (Å²) in [6.07, 6.45) is 0. The Bertz CT molecular complexity index is 775. The summed E-state index contributed by atoms with van der Waals surface area (Å²) in [5.41, 5.74) is 1.79. The van der Waals surface area contributed by atoms with Crippen molar-refractivity contribution in [1.82, 2.24) is 4.98 Å². The molecule has 5 nitrogen and oxygen atoms in total. The van der Waals surface area contributed by atoms with Crippen molar-refractivity contribution in [1.29, 1.82) is 5.26 Å². The number of hydrogen-bond acceptors (Lipinski definition) is 6. The van der Waals surface area contributed by atoms with Crippen molar-refractivity contribution in [2.75, 3.05) is 13.2 Å². The standard InChI is InChI=1S/C18H20N2O3S/c1-5-22-18(21)16-12(4)20-17(24-16)14-8-6-7-13(9-19)15(14)23-10-11(2)3/h6-8,11H,5,10H2,1-4H3. The van der Waals surface area contributed by atoms with Crippen LogP contribution >= 0.6 is 11.3 Å². The number of hydrogen-bond donors (Lipinski definition) is 0. The lowest BCUT2D eigenvalue weighted by Crippen LogP contribution is -2.06. The van der Waals surface area contributed by atoms with E-state index in [1.807, 2.05) is 19.9 Å². The lowest BCUT2D eigenvalue weighted by molar-refractivity contribution is 0.0531. The molecule has 0 unspecified atom stereocenters. The molecule has 0 bridgehead atoms. The lowest BCUT2D eigenvalue weighted by atomic mass is 10.1. The summed E-state index contributed by atoms with van der Waals surface area (Å²) >= 11 is 1.25. The van der Waals surface area contributed by atoms with E-state index in [2.05, 4.69) is 11.1 Å². The van der Waals surface area contributed by atoms with Crippen LogP contribution < -0.4 is 4.74 Å². The molecule has 0 saturated carbocycles. The van der Waals surface area contributed by atoms with E-state index < -0.39 is 0 Å². The monoisotopic (exact) mass is 344 g/mol. The Morgan fingerprint density at radius 1 is 1.42 bits per heavy atom. The zero-order valence-electron chi connectivity index (χ0n) is 14.3. The maximum atomic E-state index is 12.0. The summed E-state index contributed by atoms with van der Waals surface area (Å²) in [7, 11) is 0. The molecular weight excluding hydrogens is 324 g/mol. The first-order valence-electron chi connectivity index (χ1n) is 7.78. The third-order valence-electron chi connectivity index (χ3n) is 3.18. The Morgan fingerprint density at radius 2 is 2.17 bits per heavy atom. The van der Waals surface area contributed by atoms with Crippen molar-refractivity contribution in [3.8, 4) is 22.4 Å². The van der Waals surface area contributed by atoms with Gasteiger partial charge in [-0.25, -0.2) is 9.78 Å². The topological polar surface area (TPSA) is 72.2 Å². The molecule has 0 amide bonds. The molecule has 126 valence electrons. The van der Waals surface area contributed by atoms with Gasteiger partial charge in [0.05, 0.1) is 30.0 Å². The quantitative estimate of drug-likeness (QED) is 0.734. The summed E-state index contributed by atoms with van der Waals surface area (Å²) in [5, 5.41) is 10.00. The normalized spacial score (nSPS) is 10.5. The predicted molar refractivity (Wildman–Crippen MR) is 93.3 cm³/mol. The van der Waals surface area contributed by atoms with Crippen LogP contribution in [0.5, 0.6) is 5.75 Å². The van der Waals surface area contributed by atoms with Crippen molar-refractivity contribution >= 4 is 17.3 Å². The maximum absolute atomic E-state index is 12.0. The lowest BCUT2D eigenvalue weighted by Gasteiger charge is -2.13. The number of thiazole rings is 1. The second-order valence-electron chi connectivity index (χ2n) is 5.65. The number of benzene rings is 1. The number of aromatic nitrogens is 1. The molecule has 0 fully saturated rings. The molecule has 1 aromatic heterocycles. The smallest absolute Gasteiger partial charge is 0.350 e. The molecule has 2 rings (SSSR count). The van der Waals surface area contributed by atoms with Gasteiger partial charge in [-0.3, -0.25) is 0 Å². The fourth-order valence-electron chi connectivity index (χ4n) is 2.10. The van der Waals surface area contributed by atoms with Crippen LogP contribution in [0.1, 0.15) is 41.7 Å². The van der Waals surface area contributed by atoms with E-state index in [0.717, 1.165) is 5.56 Å². The van der Waals surface area contributed by atoms with E-state index >= 15 is 0 Å². The molecule has 0 radical (unpaired) electrons. The molecule has 0 atom stereocenters. The number of nitrogens with zero attached hydrogens (tertiary/aromatic N) is 2. The van der Waals surface area contributed by atoms with Gasteiger partial charge in [0.2, 0.25) is 0 Å².